The summed E-state index contributed by atoms with van der Waals surface area (Å²) in [5.74, 6) is -0.0436. The highest BCUT2D eigenvalue weighted by Gasteiger charge is 2.25. The number of para-hydroxylation sites is 1. The number of hydrogen-bond donors (Lipinski definition) is 1. The molecule has 2 aromatic carbocycles. The second-order valence-corrected chi connectivity index (χ2v) is 7.54. The van der Waals surface area contributed by atoms with Crippen molar-refractivity contribution in [3.8, 4) is 5.75 Å². The molecule has 3 aromatic rings. The summed E-state index contributed by atoms with van der Waals surface area (Å²) in [6, 6.07) is 12.6. The van der Waals surface area contributed by atoms with Crippen LogP contribution >= 0.6 is 11.9 Å². The first-order chi connectivity index (χ1) is 13.6. The molecule has 1 fully saturated rings. The van der Waals surface area contributed by atoms with E-state index in [-0.39, 0.29) is 11.6 Å². The highest BCUT2D eigenvalue weighted by atomic mass is 32.2. The Balaban J connectivity index is 1.52. The molecule has 0 spiro atoms. The maximum Gasteiger partial charge on any atom is 0.297 e. The molecule has 1 atom stereocenters. The van der Waals surface area contributed by atoms with Gasteiger partial charge in [-0.25, -0.2) is 4.39 Å². The van der Waals surface area contributed by atoms with Gasteiger partial charge in [-0.15, -0.1) is 0 Å². The summed E-state index contributed by atoms with van der Waals surface area (Å²) >= 11 is 1.14. The Morgan fingerprint density at radius 3 is 2.89 bits per heavy atom. The summed E-state index contributed by atoms with van der Waals surface area (Å²) < 4.78 is 28.4. The van der Waals surface area contributed by atoms with Gasteiger partial charge in [0.15, 0.2) is 5.76 Å². The number of rotatable bonds is 6. The molecular formula is C21H21FN2O3S. The Labute approximate surface area is 167 Å². The van der Waals surface area contributed by atoms with Crippen LogP contribution in [-0.2, 0) is 0 Å². The Morgan fingerprint density at radius 2 is 2.18 bits per heavy atom. The SMILES string of the molecule is CCOc1ccccc1SNC(=O)c1cc2c(F)cc(N3CCC3C)cc2o1. The first kappa shape index (κ1) is 18.7. The van der Waals surface area contributed by atoms with E-state index in [0.717, 1.165) is 35.5 Å². The third-order valence-corrected chi connectivity index (χ3v) is 5.69. The molecular weight excluding hydrogens is 379 g/mol. The van der Waals surface area contributed by atoms with Gasteiger partial charge in [0.05, 0.1) is 16.9 Å². The molecule has 28 heavy (non-hydrogen) atoms. The second kappa shape index (κ2) is 7.75. The van der Waals surface area contributed by atoms with E-state index in [4.69, 9.17) is 9.15 Å². The molecule has 0 saturated carbocycles. The molecule has 7 heteroatoms. The van der Waals surface area contributed by atoms with Crippen LogP contribution in [0.25, 0.3) is 11.0 Å². The van der Waals surface area contributed by atoms with Crippen LogP contribution in [0, 0.1) is 5.82 Å². The van der Waals surface area contributed by atoms with E-state index in [1.54, 1.807) is 6.07 Å². The van der Waals surface area contributed by atoms with Crippen LogP contribution < -0.4 is 14.4 Å². The number of fused-ring (bicyclic) bond motifs is 1. The number of carbonyl (C=O) groups excluding carboxylic acids is 1. The molecule has 1 aliphatic heterocycles. The Kier molecular flexibility index (Phi) is 5.17. The number of halogens is 1. The summed E-state index contributed by atoms with van der Waals surface area (Å²) in [7, 11) is 0. The Hall–Kier alpha value is -2.67. The maximum absolute atomic E-state index is 14.5. The third-order valence-electron chi connectivity index (χ3n) is 4.85. The van der Waals surface area contributed by atoms with E-state index < -0.39 is 5.91 Å². The fourth-order valence-electron chi connectivity index (χ4n) is 3.22. The van der Waals surface area contributed by atoms with Crippen molar-refractivity contribution < 1.29 is 18.3 Å². The molecule has 0 bridgehead atoms. The predicted octanol–water partition coefficient (Wildman–Crippen LogP) is 5.01. The van der Waals surface area contributed by atoms with Gasteiger partial charge >= 0.3 is 0 Å². The number of hydrogen-bond acceptors (Lipinski definition) is 5. The molecule has 1 N–H and O–H groups in total. The maximum atomic E-state index is 14.5. The van der Waals surface area contributed by atoms with Crippen molar-refractivity contribution >= 4 is 34.5 Å². The lowest BCUT2D eigenvalue weighted by molar-refractivity contribution is 0.0959. The zero-order valence-electron chi connectivity index (χ0n) is 15.7. The van der Waals surface area contributed by atoms with Gasteiger partial charge in [-0.2, -0.15) is 0 Å². The van der Waals surface area contributed by atoms with Crippen molar-refractivity contribution in [2.75, 3.05) is 18.1 Å². The van der Waals surface area contributed by atoms with Gasteiger partial charge in [-0.3, -0.25) is 9.52 Å². The molecule has 1 unspecified atom stereocenters. The molecule has 146 valence electrons. The molecule has 5 nitrogen and oxygen atoms in total. The summed E-state index contributed by atoms with van der Waals surface area (Å²) in [6.07, 6.45) is 1.09. The number of amides is 1. The van der Waals surface area contributed by atoms with Crippen molar-refractivity contribution in [3.05, 3.63) is 54.0 Å². The van der Waals surface area contributed by atoms with Crippen LogP contribution in [-0.4, -0.2) is 25.1 Å². The monoisotopic (exact) mass is 400 g/mol. The Morgan fingerprint density at radius 1 is 1.36 bits per heavy atom. The van der Waals surface area contributed by atoms with Gasteiger partial charge < -0.3 is 14.1 Å². The highest BCUT2D eigenvalue weighted by molar-refractivity contribution is 7.98. The molecule has 1 aromatic heterocycles. The Bertz CT molecular complexity index is 1020. The van der Waals surface area contributed by atoms with Gasteiger partial charge in [-0.05, 0) is 50.4 Å². The van der Waals surface area contributed by atoms with Crippen molar-refractivity contribution in [2.45, 2.75) is 31.2 Å². The van der Waals surface area contributed by atoms with Crippen LogP contribution in [0.2, 0.25) is 0 Å². The minimum Gasteiger partial charge on any atom is -0.493 e. The van der Waals surface area contributed by atoms with E-state index in [1.807, 2.05) is 31.2 Å². The van der Waals surface area contributed by atoms with E-state index >= 15 is 0 Å². The topological polar surface area (TPSA) is 54.7 Å². The van der Waals surface area contributed by atoms with Crippen LogP contribution in [0.15, 0.2) is 51.8 Å². The first-order valence-electron chi connectivity index (χ1n) is 9.25. The van der Waals surface area contributed by atoms with Gasteiger partial charge in [0.25, 0.3) is 5.91 Å². The number of carbonyl (C=O) groups is 1. The smallest absolute Gasteiger partial charge is 0.297 e. The van der Waals surface area contributed by atoms with Gasteiger partial charge in [0, 0.05) is 30.4 Å². The summed E-state index contributed by atoms with van der Waals surface area (Å²) in [5.41, 5.74) is 1.16. The van der Waals surface area contributed by atoms with Crippen molar-refractivity contribution in [1.82, 2.24) is 4.72 Å². The molecule has 1 aliphatic rings. The number of benzene rings is 2. The van der Waals surface area contributed by atoms with Crippen molar-refractivity contribution in [3.63, 3.8) is 0 Å². The fourth-order valence-corrected chi connectivity index (χ4v) is 3.90. The van der Waals surface area contributed by atoms with Crippen molar-refractivity contribution in [1.29, 1.82) is 0 Å². The zero-order chi connectivity index (χ0) is 19.7. The molecule has 1 amide bonds. The number of nitrogens with one attached hydrogen (secondary N) is 1. The molecule has 0 aliphatic carbocycles. The number of furan rings is 1. The normalized spacial score (nSPS) is 16.1. The lowest BCUT2D eigenvalue weighted by Crippen LogP contribution is -2.45. The molecule has 4 rings (SSSR count). The molecule has 2 heterocycles. The highest BCUT2D eigenvalue weighted by Crippen LogP contribution is 2.33. The van der Waals surface area contributed by atoms with E-state index in [1.165, 1.54) is 12.1 Å². The van der Waals surface area contributed by atoms with Crippen LogP contribution in [0.1, 0.15) is 30.8 Å². The average Bonchev–Trinajstić information content (AvgIpc) is 3.11. The third kappa shape index (κ3) is 3.54. The summed E-state index contributed by atoms with van der Waals surface area (Å²) in [6.45, 7) is 5.43. The minimum absolute atomic E-state index is 0.0732. The van der Waals surface area contributed by atoms with Crippen LogP contribution in [0.4, 0.5) is 10.1 Å². The van der Waals surface area contributed by atoms with Gasteiger partial charge in [0.2, 0.25) is 0 Å². The average molecular weight is 400 g/mol. The minimum atomic E-state index is -0.425. The van der Waals surface area contributed by atoms with Gasteiger partial charge in [0.1, 0.15) is 17.1 Å². The zero-order valence-corrected chi connectivity index (χ0v) is 16.5. The quantitative estimate of drug-likeness (QED) is 0.590. The van der Waals surface area contributed by atoms with E-state index in [2.05, 4.69) is 16.5 Å². The first-order valence-corrected chi connectivity index (χ1v) is 10.1. The predicted molar refractivity (Wildman–Crippen MR) is 109 cm³/mol. The lowest BCUT2D eigenvalue weighted by Gasteiger charge is -2.40. The number of ether oxygens (including phenoxy) is 1. The fraction of sp³-hybridized carbons (Fsp3) is 0.286. The lowest BCUT2D eigenvalue weighted by atomic mass is 10.0. The molecule has 0 radical (unpaired) electrons. The van der Waals surface area contributed by atoms with E-state index in [0.29, 0.717) is 29.4 Å². The number of anilines is 1. The summed E-state index contributed by atoms with van der Waals surface area (Å²) in [4.78, 5) is 15.4. The molecule has 1 saturated heterocycles. The largest absolute Gasteiger partial charge is 0.493 e. The second-order valence-electron chi connectivity index (χ2n) is 6.69. The van der Waals surface area contributed by atoms with Crippen LogP contribution in [0.5, 0.6) is 5.75 Å². The number of nitrogens with zero attached hydrogens (tertiary/aromatic N) is 1. The summed E-state index contributed by atoms with van der Waals surface area (Å²) in [5, 5.41) is 0.307. The van der Waals surface area contributed by atoms with Crippen LogP contribution in [0.3, 0.4) is 0 Å². The van der Waals surface area contributed by atoms with Crippen molar-refractivity contribution in [2.24, 2.45) is 0 Å². The van der Waals surface area contributed by atoms with Gasteiger partial charge in [-0.1, -0.05) is 12.1 Å². The standard InChI is InChI=1S/C21H21FN2O3S/c1-3-26-17-6-4-5-7-20(17)28-23-21(25)19-12-15-16(22)10-14(11-18(15)27-19)24-9-8-13(24)2/h4-7,10-13H,3,8-9H2,1-2H3,(H,23,25). The van der Waals surface area contributed by atoms with E-state index in [9.17, 15) is 9.18 Å².